The molecule has 0 bridgehead atoms. The number of methoxy groups -OCH3 is 1. The van der Waals surface area contributed by atoms with Crippen molar-refractivity contribution in [2.75, 3.05) is 13.7 Å². The Morgan fingerprint density at radius 1 is 1.47 bits per heavy atom. The number of hydrogen-bond donors (Lipinski definition) is 1. The second-order valence-electron chi connectivity index (χ2n) is 5.03. The molecule has 19 heavy (non-hydrogen) atoms. The first-order valence-corrected chi connectivity index (χ1v) is 5.71. The van der Waals surface area contributed by atoms with Gasteiger partial charge in [-0.3, -0.25) is 0 Å². The molecule has 0 aliphatic carbocycles. The van der Waals surface area contributed by atoms with Crippen molar-refractivity contribution >= 4 is 18.5 Å². The smallest absolute Gasteiger partial charge is 0.407 e. The molecule has 0 aromatic heterocycles. The molecule has 0 unspecified atom stereocenters. The van der Waals surface area contributed by atoms with Crippen molar-refractivity contribution in [3.8, 4) is 5.75 Å². The maximum atomic E-state index is 13.4. The highest BCUT2D eigenvalue weighted by Gasteiger charge is 2.39. The van der Waals surface area contributed by atoms with E-state index in [0.29, 0.717) is 11.3 Å². The fourth-order valence-corrected chi connectivity index (χ4v) is 2.12. The minimum Gasteiger partial charge on any atom is -0.496 e. The van der Waals surface area contributed by atoms with Gasteiger partial charge in [0.1, 0.15) is 18.2 Å². The van der Waals surface area contributed by atoms with Crippen LogP contribution < -0.4 is 10.1 Å². The van der Waals surface area contributed by atoms with E-state index in [1.807, 2.05) is 13.8 Å². The van der Waals surface area contributed by atoms with Gasteiger partial charge in [0.05, 0.1) is 13.2 Å². The van der Waals surface area contributed by atoms with Crippen LogP contribution in [0.3, 0.4) is 0 Å². The average molecular weight is 290 g/mol. The van der Waals surface area contributed by atoms with Gasteiger partial charge >= 0.3 is 6.09 Å². The standard InChI is InChI=1S/C13H16FNO3.ClH/c1-13(2)7-18-12(16)15-11(13)9-6-8(14)4-5-10(9)17-3;/h4-6,11H,7H2,1-3H3,(H,15,16);1H/t11-;/m1./s1. The second kappa shape index (κ2) is 5.65. The van der Waals surface area contributed by atoms with Crippen molar-refractivity contribution in [2.45, 2.75) is 19.9 Å². The summed E-state index contributed by atoms with van der Waals surface area (Å²) in [5, 5.41) is 2.72. The highest BCUT2D eigenvalue weighted by Crippen LogP contribution is 2.40. The zero-order chi connectivity index (χ0) is 13.3. The molecule has 1 aliphatic heterocycles. The van der Waals surface area contributed by atoms with E-state index in [2.05, 4.69) is 5.32 Å². The Labute approximate surface area is 117 Å². The van der Waals surface area contributed by atoms with Gasteiger partial charge in [0.25, 0.3) is 0 Å². The summed E-state index contributed by atoms with van der Waals surface area (Å²) in [4.78, 5) is 11.4. The monoisotopic (exact) mass is 289 g/mol. The molecule has 106 valence electrons. The van der Waals surface area contributed by atoms with Crippen LogP contribution >= 0.6 is 12.4 Å². The Morgan fingerprint density at radius 2 is 2.16 bits per heavy atom. The molecule has 1 heterocycles. The van der Waals surface area contributed by atoms with E-state index in [1.54, 1.807) is 6.07 Å². The van der Waals surface area contributed by atoms with Crippen LogP contribution in [-0.2, 0) is 4.74 Å². The zero-order valence-corrected chi connectivity index (χ0v) is 11.8. The number of cyclic esters (lactones) is 1. The lowest BCUT2D eigenvalue weighted by Gasteiger charge is -2.39. The average Bonchev–Trinajstić information content (AvgIpc) is 2.32. The molecule has 1 fully saturated rings. The van der Waals surface area contributed by atoms with Crippen LogP contribution in [-0.4, -0.2) is 19.8 Å². The van der Waals surface area contributed by atoms with Gasteiger partial charge in [-0.25, -0.2) is 9.18 Å². The quantitative estimate of drug-likeness (QED) is 0.910. The maximum absolute atomic E-state index is 13.4. The van der Waals surface area contributed by atoms with E-state index in [9.17, 15) is 9.18 Å². The van der Waals surface area contributed by atoms with Gasteiger partial charge in [-0.2, -0.15) is 0 Å². The lowest BCUT2D eigenvalue weighted by Crippen LogP contribution is -2.47. The van der Waals surface area contributed by atoms with Crippen molar-refractivity contribution in [1.29, 1.82) is 0 Å². The number of nitrogens with one attached hydrogen (secondary N) is 1. The highest BCUT2D eigenvalue weighted by molar-refractivity contribution is 5.85. The van der Waals surface area contributed by atoms with Crippen LogP contribution in [0.4, 0.5) is 9.18 Å². The van der Waals surface area contributed by atoms with Crippen LogP contribution in [0, 0.1) is 11.2 Å². The molecule has 1 N–H and O–H groups in total. The van der Waals surface area contributed by atoms with E-state index < -0.39 is 6.09 Å². The van der Waals surface area contributed by atoms with Gasteiger partial charge in [-0.15, -0.1) is 12.4 Å². The van der Waals surface area contributed by atoms with Gasteiger partial charge in [0.2, 0.25) is 0 Å². The first-order chi connectivity index (χ1) is 8.44. The Kier molecular flexibility index (Phi) is 4.63. The van der Waals surface area contributed by atoms with Gasteiger partial charge in [0.15, 0.2) is 0 Å². The van der Waals surface area contributed by atoms with Crippen molar-refractivity contribution in [1.82, 2.24) is 5.32 Å². The predicted octanol–water partition coefficient (Wildman–Crippen LogP) is 3.06. The van der Waals surface area contributed by atoms with E-state index in [1.165, 1.54) is 19.2 Å². The summed E-state index contributed by atoms with van der Waals surface area (Å²) < 4.78 is 23.6. The second-order valence-corrected chi connectivity index (χ2v) is 5.03. The van der Waals surface area contributed by atoms with Crippen molar-refractivity contribution < 1.29 is 18.7 Å². The van der Waals surface area contributed by atoms with E-state index in [0.717, 1.165) is 0 Å². The first-order valence-electron chi connectivity index (χ1n) is 5.71. The normalized spacial score (nSPS) is 20.8. The fraction of sp³-hybridized carbons (Fsp3) is 0.462. The number of ether oxygens (including phenoxy) is 2. The largest absolute Gasteiger partial charge is 0.496 e. The summed E-state index contributed by atoms with van der Waals surface area (Å²) in [7, 11) is 1.52. The third kappa shape index (κ3) is 3.10. The maximum Gasteiger partial charge on any atom is 0.407 e. The number of halogens is 2. The molecule has 1 aromatic rings. The molecule has 1 amide bonds. The molecule has 0 spiro atoms. The molecule has 1 aromatic carbocycles. The van der Waals surface area contributed by atoms with Crippen LogP contribution in [0.15, 0.2) is 18.2 Å². The van der Waals surface area contributed by atoms with E-state index >= 15 is 0 Å². The Morgan fingerprint density at radius 3 is 2.79 bits per heavy atom. The molecule has 0 radical (unpaired) electrons. The minimum atomic E-state index is -0.495. The molecule has 1 aliphatic rings. The molecule has 4 nitrogen and oxygen atoms in total. The molecule has 0 saturated carbocycles. The van der Waals surface area contributed by atoms with E-state index in [-0.39, 0.29) is 36.3 Å². The molecule has 1 saturated heterocycles. The summed E-state index contributed by atoms with van der Waals surface area (Å²) in [6.45, 7) is 4.17. The number of carbonyl (C=O) groups excluding carboxylic acids is 1. The number of hydrogen-bond acceptors (Lipinski definition) is 3. The third-order valence-electron chi connectivity index (χ3n) is 3.12. The van der Waals surface area contributed by atoms with Gasteiger partial charge in [0, 0.05) is 11.0 Å². The third-order valence-corrected chi connectivity index (χ3v) is 3.12. The molecular weight excluding hydrogens is 273 g/mol. The fourth-order valence-electron chi connectivity index (χ4n) is 2.12. The molecule has 2 rings (SSSR count). The number of amides is 1. The number of benzene rings is 1. The number of rotatable bonds is 2. The van der Waals surface area contributed by atoms with Crippen LogP contribution in [0.2, 0.25) is 0 Å². The predicted molar refractivity (Wildman–Crippen MR) is 71.2 cm³/mol. The molecule has 1 atom stereocenters. The SMILES string of the molecule is COc1ccc(F)cc1[C@H]1NC(=O)OCC1(C)C.Cl. The summed E-state index contributed by atoms with van der Waals surface area (Å²) in [5.74, 6) is 0.194. The lowest BCUT2D eigenvalue weighted by molar-refractivity contribution is 0.0380. The lowest BCUT2D eigenvalue weighted by atomic mass is 9.80. The van der Waals surface area contributed by atoms with Gasteiger partial charge in [-0.1, -0.05) is 13.8 Å². The van der Waals surface area contributed by atoms with Gasteiger partial charge < -0.3 is 14.8 Å². The molecular formula is C13H17ClFNO3. The van der Waals surface area contributed by atoms with Crippen molar-refractivity contribution in [2.24, 2.45) is 5.41 Å². The number of carbonyl (C=O) groups is 1. The number of alkyl carbamates (subject to hydrolysis) is 1. The Hall–Kier alpha value is -1.49. The first kappa shape index (κ1) is 15.6. The summed E-state index contributed by atoms with van der Waals surface area (Å²) in [6, 6.07) is 3.93. The Bertz CT molecular complexity index is 479. The molecule has 6 heteroatoms. The Balaban J connectivity index is 0.00000180. The summed E-state index contributed by atoms with van der Waals surface area (Å²) in [5.41, 5.74) is 0.286. The topological polar surface area (TPSA) is 47.6 Å². The zero-order valence-electron chi connectivity index (χ0n) is 11.0. The summed E-state index contributed by atoms with van der Waals surface area (Å²) in [6.07, 6.45) is -0.495. The summed E-state index contributed by atoms with van der Waals surface area (Å²) >= 11 is 0. The highest BCUT2D eigenvalue weighted by atomic mass is 35.5. The van der Waals surface area contributed by atoms with Gasteiger partial charge in [-0.05, 0) is 18.2 Å². The van der Waals surface area contributed by atoms with E-state index in [4.69, 9.17) is 9.47 Å². The van der Waals surface area contributed by atoms with Crippen molar-refractivity contribution in [3.63, 3.8) is 0 Å². The van der Waals surface area contributed by atoms with Crippen LogP contribution in [0.1, 0.15) is 25.5 Å². The minimum absolute atomic E-state index is 0. The van der Waals surface area contributed by atoms with Crippen LogP contribution in [0.25, 0.3) is 0 Å². The van der Waals surface area contributed by atoms with Crippen molar-refractivity contribution in [3.05, 3.63) is 29.6 Å². The van der Waals surface area contributed by atoms with Crippen LogP contribution in [0.5, 0.6) is 5.75 Å².